The number of benzene rings is 1. The summed E-state index contributed by atoms with van der Waals surface area (Å²) in [5.41, 5.74) is 2.73. The predicted octanol–water partition coefficient (Wildman–Crippen LogP) is 7.19. The first-order chi connectivity index (χ1) is 18.2. The van der Waals surface area contributed by atoms with Crippen molar-refractivity contribution in [2.75, 3.05) is 13.7 Å². The maximum Gasteiger partial charge on any atom is 0.302 e. The number of hydrogen-bond donors (Lipinski definition) is 0. The first kappa shape index (κ1) is 27.0. The lowest BCUT2D eigenvalue weighted by atomic mass is 9.47. The summed E-state index contributed by atoms with van der Waals surface area (Å²) in [6.45, 7) is 8.92. The van der Waals surface area contributed by atoms with Gasteiger partial charge in [-0.1, -0.05) is 37.6 Å². The molecular formula is C33H44O5. The Balaban J connectivity index is 1.30. The second kappa shape index (κ2) is 10.5. The van der Waals surface area contributed by atoms with Crippen molar-refractivity contribution < 1.29 is 23.8 Å². The molecule has 3 saturated carbocycles. The summed E-state index contributed by atoms with van der Waals surface area (Å²) in [5, 5.41) is 0. The van der Waals surface area contributed by atoms with E-state index in [2.05, 4.69) is 19.9 Å². The van der Waals surface area contributed by atoms with Crippen LogP contribution in [0, 0.1) is 34.5 Å². The number of methoxy groups -OCH3 is 1. The van der Waals surface area contributed by atoms with Gasteiger partial charge in [-0.3, -0.25) is 9.59 Å². The van der Waals surface area contributed by atoms with Crippen LogP contribution in [0.2, 0.25) is 0 Å². The molecule has 0 amide bonds. The molecule has 5 heteroatoms. The van der Waals surface area contributed by atoms with Gasteiger partial charge in [0.25, 0.3) is 0 Å². The Morgan fingerprint density at radius 1 is 1.05 bits per heavy atom. The fourth-order valence-corrected chi connectivity index (χ4v) is 8.79. The molecule has 1 aromatic carbocycles. The van der Waals surface area contributed by atoms with E-state index in [1.165, 1.54) is 18.9 Å². The standard InChI is InChI=1S/C33H44O5/c1-6-37-30-14-8-22(19-31(30)36-5)7-13-29(35)28-12-11-26-25-10-9-23-20-24(38-21(2)34)15-17-32(23,3)27(25)16-18-33(26,28)4/h7-9,13-14,19,24-28H,6,10-12,15-18,20H2,1-5H3. The highest BCUT2D eigenvalue weighted by Crippen LogP contribution is 2.66. The van der Waals surface area contributed by atoms with Gasteiger partial charge in [-0.15, -0.1) is 0 Å². The van der Waals surface area contributed by atoms with Crippen molar-refractivity contribution in [3.8, 4) is 11.5 Å². The largest absolute Gasteiger partial charge is 0.493 e. The molecule has 4 aliphatic carbocycles. The van der Waals surface area contributed by atoms with Crippen molar-refractivity contribution in [1.82, 2.24) is 0 Å². The molecule has 0 aliphatic heterocycles. The van der Waals surface area contributed by atoms with Crippen molar-refractivity contribution in [3.05, 3.63) is 41.5 Å². The summed E-state index contributed by atoms with van der Waals surface area (Å²) in [4.78, 5) is 25.1. The van der Waals surface area contributed by atoms with Crippen LogP contribution in [0.3, 0.4) is 0 Å². The van der Waals surface area contributed by atoms with Gasteiger partial charge in [0, 0.05) is 19.3 Å². The highest BCUT2D eigenvalue weighted by atomic mass is 16.5. The van der Waals surface area contributed by atoms with E-state index in [1.54, 1.807) is 13.2 Å². The molecule has 0 spiro atoms. The number of rotatable bonds is 7. The molecule has 0 aromatic heterocycles. The third kappa shape index (κ3) is 4.71. The van der Waals surface area contributed by atoms with Gasteiger partial charge in [-0.05, 0) is 104 Å². The fraction of sp³-hybridized carbons (Fsp3) is 0.636. The summed E-state index contributed by atoms with van der Waals surface area (Å²) in [7, 11) is 1.64. The van der Waals surface area contributed by atoms with E-state index in [4.69, 9.17) is 14.2 Å². The van der Waals surface area contributed by atoms with Crippen LogP contribution >= 0.6 is 0 Å². The van der Waals surface area contributed by atoms with E-state index in [1.807, 2.05) is 31.2 Å². The van der Waals surface area contributed by atoms with Gasteiger partial charge in [0.05, 0.1) is 13.7 Å². The van der Waals surface area contributed by atoms with Crippen molar-refractivity contribution in [2.45, 2.75) is 85.2 Å². The van der Waals surface area contributed by atoms with Gasteiger partial charge in [0.2, 0.25) is 0 Å². The normalized spacial score (nSPS) is 36.0. The molecule has 4 aliphatic rings. The van der Waals surface area contributed by atoms with Crippen LogP contribution in [0.15, 0.2) is 35.9 Å². The lowest BCUT2D eigenvalue weighted by molar-refractivity contribution is -0.149. The summed E-state index contributed by atoms with van der Waals surface area (Å²) < 4.78 is 16.7. The van der Waals surface area contributed by atoms with Gasteiger partial charge in [-0.2, -0.15) is 0 Å². The van der Waals surface area contributed by atoms with Crippen molar-refractivity contribution >= 4 is 17.8 Å². The predicted molar refractivity (Wildman–Crippen MR) is 149 cm³/mol. The number of carbonyl (C=O) groups excluding carboxylic acids is 2. The van der Waals surface area contributed by atoms with Gasteiger partial charge < -0.3 is 14.2 Å². The van der Waals surface area contributed by atoms with Gasteiger partial charge in [-0.25, -0.2) is 0 Å². The van der Waals surface area contributed by atoms with Crippen LogP contribution < -0.4 is 9.47 Å². The second-order valence-corrected chi connectivity index (χ2v) is 12.5. The van der Waals surface area contributed by atoms with E-state index in [-0.39, 0.29) is 34.6 Å². The Hall–Kier alpha value is -2.56. The number of allylic oxidation sites excluding steroid dienone is 2. The minimum Gasteiger partial charge on any atom is -0.493 e. The Morgan fingerprint density at radius 2 is 1.87 bits per heavy atom. The van der Waals surface area contributed by atoms with Gasteiger partial charge >= 0.3 is 5.97 Å². The Labute approximate surface area is 228 Å². The topological polar surface area (TPSA) is 61.8 Å². The number of ether oxygens (including phenoxy) is 3. The lowest BCUT2D eigenvalue weighted by Crippen LogP contribution is -2.51. The number of ketones is 1. The maximum absolute atomic E-state index is 13.6. The minimum absolute atomic E-state index is 0.0350. The number of hydrogen-bond acceptors (Lipinski definition) is 5. The van der Waals surface area contributed by atoms with Crippen LogP contribution in [0.1, 0.15) is 84.6 Å². The van der Waals surface area contributed by atoms with Gasteiger partial charge in [0.1, 0.15) is 6.10 Å². The first-order valence-corrected chi connectivity index (χ1v) is 14.6. The fourth-order valence-electron chi connectivity index (χ4n) is 8.79. The molecule has 0 saturated heterocycles. The van der Waals surface area contributed by atoms with Crippen molar-refractivity contribution in [1.29, 1.82) is 0 Å². The summed E-state index contributed by atoms with van der Waals surface area (Å²) in [5.74, 6) is 3.50. The zero-order valence-corrected chi connectivity index (χ0v) is 23.8. The van der Waals surface area contributed by atoms with E-state index in [0.29, 0.717) is 30.1 Å². The number of esters is 1. The highest BCUT2D eigenvalue weighted by Gasteiger charge is 2.59. The van der Waals surface area contributed by atoms with Crippen LogP contribution in [-0.2, 0) is 14.3 Å². The zero-order chi connectivity index (χ0) is 27.1. The third-order valence-corrected chi connectivity index (χ3v) is 10.7. The molecule has 5 rings (SSSR count). The Bertz CT molecular complexity index is 1130. The Kier molecular flexibility index (Phi) is 7.50. The molecule has 38 heavy (non-hydrogen) atoms. The molecule has 206 valence electrons. The maximum atomic E-state index is 13.6. The van der Waals surface area contributed by atoms with E-state index in [9.17, 15) is 9.59 Å². The first-order valence-electron chi connectivity index (χ1n) is 14.6. The molecule has 0 bridgehead atoms. The minimum atomic E-state index is -0.168. The van der Waals surface area contributed by atoms with E-state index >= 15 is 0 Å². The molecule has 1 aromatic rings. The Morgan fingerprint density at radius 3 is 2.61 bits per heavy atom. The molecule has 3 fully saturated rings. The second-order valence-electron chi connectivity index (χ2n) is 12.5. The highest BCUT2D eigenvalue weighted by molar-refractivity contribution is 5.96. The summed E-state index contributed by atoms with van der Waals surface area (Å²) in [6.07, 6.45) is 14.7. The van der Waals surface area contributed by atoms with Crippen LogP contribution in [-0.4, -0.2) is 31.6 Å². The molecule has 0 heterocycles. The van der Waals surface area contributed by atoms with Crippen molar-refractivity contribution in [3.63, 3.8) is 0 Å². The molecule has 5 nitrogen and oxygen atoms in total. The third-order valence-electron chi connectivity index (χ3n) is 10.7. The number of carbonyl (C=O) groups is 2. The van der Waals surface area contributed by atoms with Crippen molar-refractivity contribution in [2.24, 2.45) is 34.5 Å². The van der Waals surface area contributed by atoms with Crippen LogP contribution in [0.4, 0.5) is 0 Å². The van der Waals surface area contributed by atoms with E-state index < -0.39 is 0 Å². The van der Waals surface area contributed by atoms with Crippen LogP contribution in [0.5, 0.6) is 11.5 Å². The SMILES string of the molecule is CCOc1ccc(C=CC(=O)C2CCC3C4CC=C5CC(OC(C)=O)CCC5(C)C4CCC23C)cc1OC. The molecule has 0 radical (unpaired) electrons. The molecular weight excluding hydrogens is 476 g/mol. The average molecular weight is 521 g/mol. The molecule has 7 atom stereocenters. The lowest BCUT2D eigenvalue weighted by Gasteiger charge is -2.58. The quantitative estimate of drug-likeness (QED) is 0.216. The van der Waals surface area contributed by atoms with E-state index in [0.717, 1.165) is 56.3 Å². The summed E-state index contributed by atoms with van der Waals surface area (Å²) in [6, 6.07) is 5.82. The summed E-state index contributed by atoms with van der Waals surface area (Å²) >= 11 is 0. The smallest absolute Gasteiger partial charge is 0.302 e. The number of fused-ring (bicyclic) bond motifs is 5. The van der Waals surface area contributed by atoms with Gasteiger partial charge in [0.15, 0.2) is 17.3 Å². The monoisotopic (exact) mass is 520 g/mol. The average Bonchev–Trinajstić information content (AvgIpc) is 3.25. The van der Waals surface area contributed by atoms with Crippen LogP contribution in [0.25, 0.3) is 6.08 Å². The molecule has 7 unspecified atom stereocenters. The zero-order valence-electron chi connectivity index (χ0n) is 23.8. The molecule has 0 N–H and O–H groups in total.